The fourth-order valence-electron chi connectivity index (χ4n) is 2.41. The van der Waals surface area contributed by atoms with Crippen LogP contribution in [-0.4, -0.2) is 15.8 Å². The molecule has 2 aromatic heterocycles. The van der Waals surface area contributed by atoms with Crippen LogP contribution in [0.3, 0.4) is 0 Å². The molecule has 22 heavy (non-hydrogen) atoms. The number of alkyl halides is 1. The molecule has 0 saturated heterocycles. The van der Waals surface area contributed by atoms with Crippen LogP contribution in [0.25, 0.3) is 11.0 Å². The molecule has 3 aromatic rings. The molecule has 1 aromatic carbocycles. The first-order chi connectivity index (χ1) is 10.5. The highest BCUT2D eigenvalue weighted by atomic mass is 127. The van der Waals surface area contributed by atoms with Gasteiger partial charge in [-0.25, -0.2) is 9.37 Å². The van der Waals surface area contributed by atoms with Crippen LogP contribution < -0.4 is 5.73 Å². The number of nitrogens with two attached hydrogens (primary N) is 1. The largest absolute Gasteiger partial charge is 0.396 e. The van der Waals surface area contributed by atoms with Gasteiger partial charge < -0.3 is 10.7 Å². The maximum Gasteiger partial charge on any atom is 0.198 e. The molecule has 112 valence electrons. The number of aromatic nitrogens is 2. The average Bonchev–Trinajstić information content (AvgIpc) is 2.94. The number of aryl methyl sites for hydroxylation is 1. The van der Waals surface area contributed by atoms with Crippen LogP contribution in [0, 0.1) is 12.7 Å². The first kappa shape index (κ1) is 15.0. The number of carbonyl (C=O) groups is 1. The van der Waals surface area contributed by atoms with Crippen molar-refractivity contribution < 1.29 is 9.18 Å². The molecule has 0 amide bonds. The molecular formula is C16H13FIN3O. The number of nitrogens with zero attached hydrogens (tertiary/aromatic N) is 1. The fraction of sp³-hybridized carbons (Fsp3) is 0.125. The summed E-state index contributed by atoms with van der Waals surface area (Å²) in [4.78, 5) is 20.0. The lowest BCUT2D eigenvalue weighted by Crippen LogP contribution is -2.08. The monoisotopic (exact) mass is 409 g/mol. The molecule has 0 saturated carbocycles. The average molecular weight is 409 g/mol. The van der Waals surface area contributed by atoms with E-state index in [1.807, 2.05) is 6.07 Å². The van der Waals surface area contributed by atoms with Crippen LogP contribution in [0.2, 0.25) is 0 Å². The van der Waals surface area contributed by atoms with Gasteiger partial charge in [-0.1, -0.05) is 28.7 Å². The number of anilines is 1. The fourth-order valence-corrected chi connectivity index (χ4v) is 2.83. The number of aromatic amines is 1. The summed E-state index contributed by atoms with van der Waals surface area (Å²) >= 11 is 2.23. The summed E-state index contributed by atoms with van der Waals surface area (Å²) in [6.07, 6.45) is 3.32. The normalized spacial score (nSPS) is 11.0. The van der Waals surface area contributed by atoms with Gasteiger partial charge in [-0.2, -0.15) is 0 Å². The zero-order valence-electron chi connectivity index (χ0n) is 11.8. The molecule has 0 fully saturated rings. The highest BCUT2D eigenvalue weighted by Crippen LogP contribution is 2.26. The van der Waals surface area contributed by atoms with E-state index >= 15 is 0 Å². The summed E-state index contributed by atoms with van der Waals surface area (Å²) in [5, 5.41) is 0.695. The third-order valence-corrected chi connectivity index (χ3v) is 4.47. The third kappa shape index (κ3) is 2.37. The number of nitrogen functional groups attached to an aromatic ring is 1. The van der Waals surface area contributed by atoms with Gasteiger partial charge in [-0.05, 0) is 30.2 Å². The number of halogens is 2. The Labute approximate surface area is 140 Å². The topological polar surface area (TPSA) is 71.8 Å². The van der Waals surface area contributed by atoms with Gasteiger partial charge in [0.05, 0.1) is 11.3 Å². The molecule has 4 nitrogen and oxygen atoms in total. The van der Waals surface area contributed by atoms with Crippen LogP contribution >= 0.6 is 22.6 Å². The third-order valence-electron chi connectivity index (χ3n) is 3.59. The van der Waals surface area contributed by atoms with E-state index in [9.17, 15) is 9.18 Å². The number of rotatable bonds is 3. The molecule has 0 spiro atoms. The van der Waals surface area contributed by atoms with Crippen molar-refractivity contribution in [2.24, 2.45) is 0 Å². The molecule has 0 atom stereocenters. The molecule has 0 bridgehead atoms. The second-order valence-corrected chi connectivity index (χ2v) is 5.83. The Kier molecular flexibility index (Phi) is 3.86. The maximum absolute atomic E-state index is 14.3. The van der Waals surface area contributed by atoms with E-state index in [0.717, 1.165) is 9.99 Å². The Morgan fingerprint density at radius 3 is 2.95 bits per heavy atom. The molecule has 2 heterocycles. The van der Waals surface area contributed by atoms with E-state index in [4.69, 9.17) is 5.73 Å². The van der Waals surface area contributed by atoms with Gasteiger partial charge in [0, 0.05) is 27.8 Å². The second kappa shape index (κ2) is 5.68. The summed E-state index contributed by atoms with van der Waals surface area (Å²) < 4.78 is 15.1. The quantitative estimate of drug-likeness (QED) is 0.300. The molecule has 0 aliphatic carbocycles. The van der Waals surface area contributed by atoms with E-state index in [1.165, 1.54) is 6.07 Å². The van der Waals surface area contributed by atoms with Crippen molar-refractivity contribution in [1.82, 2.24) is 9.97 Å². The van der Waals surface area contributed by atoms with Crippen molar-refractivity contribution in [3.8, 4) is 0 Å². The van der Waals surface area contributed by atoms with E-state index < -0.39 is 5.82 Å². The highest BCUT2D eigenvalue weighted by Gasteiger charge is 2.21. The summed E-state index contributed by atoms with van der Waals surface area (Å²) in [5.74, 6) is -1.06. The summed E-state index contributed by atoms with van der Waals surface area (Å²) in [5.41, 5.74) is 8.16. The predicted molar refractivity (Wildman–Crippen MR) is 92.8 cm³/mol. The van der Waals surface area contributed by atoms with E-state index in [0.29, 0.717) is 22.2 Å². The number of benzene rings is 1. The Morgan fingerprint density at radius 2 is 2.23 bits per heavy atom. The Bertz CT molecular complexity index is 888. The van der Waals surface area contributed by atoms with Crippen molar-refractivity contribution in [2.45, 2.75) is 11.4 Å². The lowest BCUT2D eigenvalue weighted by molar-refractivity contribution is 0.103. The first-order valence-corrected chi connectivity index (χ1v) is 8.16. The van der Waals surface area contributed by atoms with Gasteiger partial charge in [0.1, 0.15) is 5.65 Å². The van der Waals surface area contributed by atoms with Crippen molar-refractivity contribution in [3.63, 3.8) is 0 Å². The number of H-pyrrole nitrogens is 1. The van der Waals surface area contributed by atoms with Gasteiger partial charge in [0.25, 0.3) is 0 Å². The number of fused-ring (bicyclic) bond motifs is 1. The number of hydrogen-bond donors (Lipinski definition) is 2. The van der Waals surface area contributed by atoms with E-state index in [-0.39, 0.29) is 17.0 Å². The molecule has 0 unspecified atom stereocenters. The SMILES string of the molecule is Cc1ccc(N)c(F)c1C(=O)c1c[nH]c2ncc(CI)cc12. The number of hydrogen-bond acceptors (Lipinski definition) is 3. The molecule has 0 aliphatic heterocycles. The van der Waals surface area contributed by atoms with Crippen molar-refractivity contribution in [3.05, 3.63) is 58.7 Å². The lowest BCUT2D eigenvalue weighted by atomic mass is 9.97. The van der Waals surface area contributed by atoms with Gasteiger partial charge in [-0.15, -0.1) is 0 Å². The Hall–Kier alpha value is -1.96. The molecule has 0 aliphatic rings. The molecule has 3 rings (SSSR count). The van der Waals surface area contributed by atoms with Crippen LogP contribution in [0.15, 0.2) is 30.6 Å². The minimum absolute atomic E-state index is 0.0146. The Morgan fingerprint density at radius 1 is 1.45 bits per heavy atom. The summed E-state index contributed by atoms with van der Waals surface area (Å²) in [6, 6.07) is 5.01. The summed E-state index contributed by atoms with van der Waals surface area (Å²) in [6.45, 7) is 1.69. The van der Waals surface area contributed by atoms with Crippen molar-refractivity contribution in [2.75, 3.05) is 5.73 Å². The van der Waals surface area contributed by atoms with Gasteiger partial charge in [0.2, 0.25) is 0 Å². The Balaban J connectivity index is 2.20. The minimum atomic E-state index is -0.669. The minimum Gasteiger partial charge on any atom is -0.396 e. The zero-order chi connectivity index (χ0) is 15.9. The van der Waals surface area contributed by atoms with Crippen LogP contribution in [0.5, 0.6) is 0 Å². The summed E-state index contributed by atoms with van der Waals surface area (Å²) in [7, 11) is 0. The molecular weight excluding hydrogens is 396 g/mol. The first-order valence-electron chi connectivity index (χ1n) is 6.64. The van der Waals surface area contributed by atoms with E-state index in [2.05, 4.69) is 32.6 Å². The second-order valence-electron chi connectivity index (χ2n) is 5.07. The number of nitrogens with one attached hydrogen (secondary N) is 1. The molecule has 3 N–H and O–H groups in total. The molecule has 0 radical (unpaired) electrons. The number of pyridine rings is 1. The lowest BCUT2D eigenvalue weighted by Gasteiger charge is -2.08. The van der Waals surface area contributed by atoms with Crippen LogP contribution in [0.1, 0.15) is 27.0 Å². The highest BCUT2D eigenvalue weighted by molar-refractivity contribution is 14.1. The van der Waals surface area contributed by atoms with Crippen molar-refractivity contribution in [1.29, 1.82) is 0 Å². The van der Waals surface area contributed by atoms with Crippen LogP contribution in [-0.2, 0) is 4.43 Å². The molecule has 6 heteroatoms. The predicted octanol–water partition coefficient (Wildman–Crippen LogP) is 3.76. The van der Waals surface area contributed by atoms with Gasteiger partial charge in [-0.3, -0.25) is 4.79 Å². The smallest absolute Gasteiger partial charge is 0.198 e. The standard InChI is InChI=1S/C16H13FIN3O/c1-8-2-3-12(19)14(17)13(8)15(22)11-7-21-16-10(11)4-9(5-18)6-20-16/h2-4,6-7H,5,19H2,1H3,(H,20,21). The van der Waals surface area contributed by atoms with E-state index in [1.54, 1.807) is 25.4 Å². The zero-order valence-corrected chi connectivity index (χ0v) is 13.9. The number of ketones is 1. The number of carbonyl (C=O) groups excluding carboxylic acids is 1. The van der Waals surface area contributed by atoms with Crippen LogP contribution in [0.4, 0.5) is 10.1 Å². The van der Waals surface area contributed by atoms with Crippen molar-refractivity contribution >= 4 is 45.1 Å². The van der Waals surface area contributed by atoms with Gasteiger partial charge in [0.15, 0.2) is 11.6 Å². The maximum atomic E-state index is 14.3. The van der Waals surface area contributed by atoms with Gasteiger partial charge >= 0.3 is 0 Å².